The van der Waals surface area contributed by atoms with Gasteiger partial charge in [0, 0.05) is 16.5 Å². The van der Waals surface area contributed by atoms with Gasteiger partial charge >= 0.3 is 0 Å². The fourth-order valence-electron chi connectivity index (χ4n) is 2.72. The topological polar surface area (TPSA) is 22.0 Å². The van der Waals surface area contributed by atoms with E-state index in [0.717, 1.165) is 27.5 Å². The predicted octanol–water partition coefficient (Wildman–Crippen LogP) is 4.76. The monoisotopic (exact) mass is 287 g/mol. The molecule has 0 bridgehead atoms. The quantitative estimate of drug-likeness (QED) is 0.503. The van der Waals surface area contributed by atoms with Crippen LogP contribution in [0.15, 0.2) is 84.2 Å². The predicted molar refractivity (Wildman–Crippen MR) is 95.0 cm³/mol. The number of fused-ring (bicyclic) bond motifs is 2. The molecule has 0 spiro atoms. The van der Waals surface area contributed by atoms with E-state index in [1.165, 1.54) is 0 Å². The van der Waals surface area contributed by atoms with E-state index in [0.29, 0.717) is 0 Å². The number of nitrogens with zero attached hydrogens (tertiary/aromatic N) is 1. The number of pyridine rings is 1. The van der Waals surface area contributed by atoms with Gasteiger partial charge in [-0.05, 0) is 37.3 Å². The SMILES string of the molecule is C=C/C=C\C=C(/C)n1c2ccccc2c(=O)c2ccccc21. The lowest BCUT2D eigenvalue weighted by molar-refractivity contribution is 1.18. The van der Waals surface area contributed by atoms with Crippen molar-refractivity contribution >= 4 is 27.5 Å². The van der Waals surface area contributed by atoms with Crippen LogP contribution in [-0.4, -0.2) is 4.57 Å². The molecule has 2 aromatic carbocycles. The van der Waals surface area contributed by atoms with E-state index >= 15 is 0 Å². The third kappa shape index (κ3) is 2.29. The van der Waals surface area contributed by atoms with Gasteiger partial charge < -0.3 is 4.57 Å². The molecule has 1 heterocycles. The van der Waals surface area contributed by atoms with Crippen LogP contribution < -0.4 is 5.43 Å². The number of hydrogen-bond acceptors (Lipinski definition) is 1. The minimum atomic E-state index is 0.0804. The zero-order chi connectivity index (χ0) is 15.5. The molecule has 3 aromatic rings. The number of rotatable bonds is 3. The van der Waals surface area contributed by atoms with Gasteiger partial charge in [0.25, 0.3) is 0 Å². The van der Waals surface area contributed by atoms with Crippen LogP contribution in [0.5, 0.6) is 0 Å². The van der Waals surface area contributed by atoms with Gasteiger partial charge in [-0.15, -0.1) is 0 Å². The summed E-state index contributed by atoms with van der Waals surface area (Å²) in [6, 6.07) is 15.5. The summed E-state index contributed by atoms with van der Waals surface area (Å²) in [7, 11) is 0. The fraction of sp³-hybridized carbons (Fsp3) is 0.0500. The Balaban J connectivity index is 2.47. The largest absolute Gasteiger partial charge is 0.313 e. The second kappa shape index (κ2) is 5.86. The van der Waals surface area contributed by atoms with Crippen molar-refractivity contribution in [3.63, 3.8) is 0 Å². The number of benzene rings is 2. The van der Waals surface area contributed by atoms with E-state index in [1.807, 2.05) is 73.7 Å². The molecular formula is C20H17NO. The first kappa shape index (κ1) is 14.1. The average molecular weight is 287 g/mol. The molecule has 0 fully saturated rings. The Morgan fingerprint density at radius 2 is 1.50 bits per heavy atom. The van der Waals surface area contributed by atoms with Crippen molar-refractivity contribution in [2.75, 3.05) is 0 Å². The summed E-state index contributed by atoms with van der Waals surface area (Å²) in [4.78, 5) is 12.7. The molecular weight excluding hydrogens is 270 g/mol. The van der Waals surface area contributed by atoms with Crippen LogP contribution in [0.2, 0.25) is 0 Å². The van der Waals surface area contributed by atoms with Crippen LogP contribution >= 0.6 is 0 Å². The molecule has 0 unspecified atom stereocenters. The summed E-state index contributed by atoms with van der Waals surface area (Å²) in [6.45, 7) is 5.72. The van der Waals surface area contributed by atoms with Gasteiger partial charge in [0.2, 0.25) is 0 Å². The summed E-state index contributed by atoms with van der Waals surface area (Å²) in [6.07, 6.45) is 7.59. The number of aromatic nitrogens is 1. The molecule has 2 heteroatoms. The maximum atomic E-state index is 12.7. The van der Waals surface area contributed by atoms with Crippen LogP contribution in [-0.2, 0) is 0 Å². The van der Waals surface area contributed by atoms with Crippen molar-refractivity contribution in [1.82, 2.24) is 4.57 Å². The van der Waals surface area contributed by atoms with Gasteiger partial charge in [0.1, 0.15) is 0 Å². The average Bonchev–Trinajstić information content (AvgIpc) is 2.55. The highest BCUT2D eigenvalue weighted by Gasteiger charge is 2.10. The van der Waals surface area contributed by atoms with Gasteiger partial charge in [-0.2, -0.15) is 0 Å². The molecule has 3 rings (SSSR count). The van der Waals surface area contributed by atoms with Crippen molar-refractivity contribution in [3.05, 3.63) is 89.6 Å². The number of para-hydroxylation sites is 2. The van der Waals surface area contributed by atoms with Gasteiger partial charge in [0.05, 0.1) is 11.0 Å². The number of allylic oxidation sites excluding steroid dienone is 5. The second-order valence-corrected chi connectivity index (χ2v) is 5.13. The lowest BCUT2D eigenvalue weighted by Gasteiger charge is -2.15. The van der Waals surface area contributed by atoms with Crippen LogP contribution in [0.25, 0.3) is 27.5 Å². The first-order chi connectivity index (χ1) is 10.7. The summed E-state index contributed by atoms with van der Waals surface area (Å²) >= 11 is 0. The molecule has 0 radical (unpaired) electrons. The molecule has 2 nitrogen and oxygen atoms in total. The normalized spacial score (nSPS) is 12.3. The highest BCUT2D eigenvalue weighted by Crippen LogP contribution is 2.22. The van der Waals surface area contributed by atoms with E-state index in [9.17, 15) is 4.79 Å². The molecule has 0 aliphatic heterocycles. The third-order valence-corrected chi connectivity index (χ3v) is 3.72. The Hall–Kier alpha value is -2.87. The molecule has 1 aromatic heterocycles. The van der Waals surface area contributed by atoms with Crippen molar-refractivity contribution in [2.24, 2.45) is 0 Å². The minimum absolute atomic E-state index is 0.0804. The Bertz CT molecular complexity index is 914. The van der Waals surface area contributed by atoms with Crippen molar-refractivity contribution < 1.29 is 0 Å². The van der Waals surface area contributed by atoms with Crippen LogP contribution in [0.4, 0.5) is 0 Å². The molecule has 0 amide bonds. The van der Waals surface area contributed by atoms with E-state index in [-0.39, 0.29) is 5.43 Å². The first-order valence-electron chi connectivity index (χ1n) is 7.23. The molecule has 0 saturated carbocycles. The zero-order valence-corrected chi connectivity index (χ0v) is 12.5. The molecule has 0 N–H and O–H groups in total. The Morgan fingerprint density at radius 1 is 0.955 bits per heavy atom. The number of hydrogen-bond donors (Lipinski definition) is 0. The maximum Gasteiger partial charge on any atom is 0.197 e. The van der Waals surface area contributed by atoms with Crippen molar-refractivity contribution in [2.45, 2.75) is 6.92 Å². The summed E-state index contributed by atoms with van der Waals surface area (Å²) in [5.41, 5.74) is 2.97. The molecule has 0 atom stereocenters. The molecule has 108 valence electrons. The van der Waals surface area contributed by atoms with Crippen molar-refractivity contribution in [1.29, 1.82) is 0 Å². The van der Waals surface area contributed by atoms with E-state index in [1.54, 1.807) is 6.08 Å². The first-order valence-corrected chi connectivity index (χ1v) is 7.23. The molecule has 0 aliphatic rings. The van der Waals surface area contributed by atoms with Gasteiger partial charge in [-0.25, -0.2) is 0 Å². The standard InChI is InChI=1S/C20H17NO/c1-3-4-5-10-15(2)21-18-13-8-6-11-16(18)20(22)17-12-7-9-14-19(17)21/h3-14H,1H2,2H3/b5-4-,15-10+. The van der Waals surface area contributed by atoms with Crippen LogP contribution in [0, 0.1) is 0 Å². The summed E-state index contributed by atoms with van der Waals surface area (Å²) in [5.74, 6) is 0. The maximum absolute atomic E-state index is 12.7. The highest BCUT2D eigenvalue weighted by molar-refractivity contribution is 5.96. The van der Waals surface area contributed by atoms with E-state index in [4.69, 9.17) is 0 Å². The van der Waals surface area contributed by atoms with Crippen LogP contribution in [0.1, 0.15) is 6.92 Å². The lowest BCUT2D eigenvalue weighted by Crippen LogP contribution is -2.10. The minimum Gasteiger partial charge on any atom is -0.313 e. The molecule has 0 aliphatic carbocycles. The molecule has 0 saturated heterocycles. The van der Waals surface area contributed by atoms with Gasteiger partial charge in [-0.1, -0.05) is 49.1 Å². The summed E-state index contributed by atoms with van der Waals surface area (Å²) < 4.78 is 2.12. The smallest absolute Gasteiger partial charge is 0.197 e. The Kier molecular flexibility index (Phi) is 3.75. The zero-order valence-electron chi connectivity index (χ0n) is 12.5. The highest BCUT2D eigenvalue weighted by atomic mass is 16.1. The van der Waals surface area contributed by atoms with Crippen molar-refractivity contribution in [3.8, 4) is 0 Å². The Labute approximate surface area is 129 Å². The van der Waals surface area contributed by atoms with Gasteiger partial charge in [-0.3, -0.25) is 4.79 Å². The Morgan fingerprint density at radius 3 is 2.05 bits per heavy atom. The summed E-state index contributed by atoms with van der Waals surface area (Å²) in [5, 5.41) is 1.48. The van der Waals surface area contributed by atoms with E-state index in [2.05, 4.69) is 11.1 Å². The second-order valence-electron chi connectivity index (χ2n) is 5.13. The lowest BCUT2D eigenvalue weighted by atomic mass is 10.1. The third-order valence-electron chi connectivity index (χ3n) is 3.72. The fourth-order valence-corrected chi connectivity index (χ4v) is 2.72. The van der Waals surface area contributed by atoms with Gasteiger partial charge in [0.15, 0.2) is 5.43 Å². The molecule has 22 heavy (non-hydrogen) atoms. The van der Waals surface area contributed by atoms with Crippen LogP contribution in [0.3, 0.4) is 0 Å². The van der Waals surface area contributed by atoms with E-state index < -0.39 is 0 Å².